The molecule has 0 bridgehead atoms. The second-order valence-electron chi connectivity index (χ2n) is 13.6. The quantitative estimate of drug-likeness (QED) is 0.119. The lowest BCUT2D eigenvalue weighted by Gasteiger charge is -2.43. The first-order chi connectivity index (χ1) is 24.9. The fourth-order valence-corrected chi connectivity index (χ4v) is 7.95. The van der Waals surface area contributed by atoms with Gasteiger partial charge in [0.15, 0.2) is 5.85 Å². The third-order valence-electron chi connectivity index (χ3n) is 9.73. The molecule has 4 aromatic rings. The van der Waals surface area contributed by atoms with Crippen LogP contribution in [-0.4, -0.2) is 61.5 Å². The molecule has 11 heteroatoms. The predicted octanol–water partition coefficient (Wildman–Crippen LogP) is 6.55. The van der Waals surface area contributed by atoms with Crippen LogP contribution in [0.15, 0.2) is 109 Å². The Kier molecular flexibility index (Phi) is 12.7. The smallest absolute Gasteiger partial charge is 0.256 e. The summed E-state index contributed by atoms with van der Waals surface area (Å²) in [5, 5.41) is 18.5. The van der Waals surface area contributed by atoms with E-state index in [0.29, 0.717) is 17.9 Å². The van der Waals surface area contributed by atoms with Crippen molar-refractivity contribution >= 4 is 38.9 Å². The summed E-state index contributed by atoms with van der Waals surface area (Å²) in [7, 11) is -2.16. The first kappa shape index (κ1) is 38.5. The van der Waals surface area contributed by atoms with Gasteiger partial charge in [0.05, 0.1) is 34.9 Å². The molecule has 2 atom stereocenters. The molecule has 0 spiro atoms. The highest BCUT2D eigenvalue weighted by Gasteiger charge is 2.41. The largest absolute Gasteiger partial charge is 0.369 e. The molecule has 2 amide bonds. The molecule has 276 valence electrons. The minimum atomic E-state index is -4.00. The SMILES string of the molecule is CCC(O)(NC(=O)c1cccc(N(C)Cc2ccccc2)c1N(c1ccccc1)S(C)(=O)=O)N(Cc1ccccc1)[C@@H](C)C(=O)NC1CCCCC1. The molecule has 5 rings (SSSR count). The van der Waals surface area contributed by atoms with Crippen molar-refractivity contribution in [3.8, 4) is 0 Å². The Labute approximate surface area is 308 Å². The summed E-state index contributed by atoms with van der Waals surface area (Å²) >= 11 is 0. The second kappa shape index (κ2) is 17.2. The molecule has 1 unspecified atom stereocenters. The van der Waals surface area contributed by atoms with Gasteiger partial charge < -0.3 is 20.6 Å². The highest BCUT2D eigenvalue weighted by atomic mass is 32.2. The fourth-order valence-electron chi connectivity index (χ4n) is 6.92. The molecule has 0 aliphatic heterocycles. The van der Waals surface area contributed by atoms with Gasteiger partial charge in [-0.3, -0.25) is 9.59 Å². The Morgan fingerprint density at radius 3 is 1.94 bits per heavy atom. The van der Waals surface area contributed by atoms with Crippen molar-refractivity contribution in [2.45, 2.75) is 83.4 Å². The number of nitrogens with one attached hydrogen (secondary N) is 2. The van der Waals surface area contributed by atoms with Gasteiger partial charge in [-0.05, 0) is 55.2 Å². The van der Waals surface area contributed by atoms with Crippen LogP contribution in [0.1, 0.15) is 73.9 Å². The molecular weight excluding hydrogens is 675 g/mol. The lowest BCUT2D eigenvalue weighted by Crippen LogP contribution is -2.65. The van der Waals surface area contributed by atoms with Gasteiger partial charge >= 0.3 is 0 Å². The molecule has 1 aliphatic carbocycles. The van der Waals surface area contributed by atoms with E-state index in [-0.39, 0.29) is 36.2 Å². The van der Waals surface area contributed by atoms with Crippen molar-refractivity contribution in [1.29, 1.82) is 0 Å². The minimum absolute atomic E-state index is 0.0318. The van der Waals surface area contributed by atoms with Gasteiger partial charge in [0, 0.05) is 32.6 Å². The predicted molar refractivity (Wildman–Crippen MR) is 208 cm³/mol. The molecular formula is C41H51N5O5S. The number of aliphatic hydroxyl groups is 1. The molecule has 10 nitrogen and oxygen atoms in total. The van der Waals surface area contributed by atoms with Crippen LogP contribution in [0, 0.1) is 0 Å². The van der Waals surface area contributed by atoms with Crippen molar-refractivity contribution in [2.75, 3.05) is 22.5 Å². The van der Waals surface area contributed by atoms with Crippen LogP contribution in [0.4, 0.5) is 17.1 Å². The zero-order valence-electron chi connectivity index (χ0n) is 30.5. The Morgan fingerprint density at radius 1 is 0.827 bits per heavy atom. The van der Waals surface area contributed by atoms with Crippen LogP contribution >= 0.6 is 0 Å². The normalized spacial score (nSPS) is 15.3. The zero-order chi connectivity index (χ0) is 37.3. The van der Waals surface area contributed by atoms with Gasteiger partial charge in [-0.15, -0.1) is 0 Å². The van der Waals surface area contributed by atoms with Crippen molar-refractivity contribution in [3.05, 3.63) is 126 Å². The van der Waals surface area contributed by atoms with E-state index in [2.05, 4.69) is 10.6 Å². The molecule has 0 saturated heterocycles. The average molecular weight is 726 g/mol. The van der Waals surface area contributed by atoms with E-state index in [0.717, 1.165) is 49.5 Å². The maximum Gasteiger partial charge on any atom is 0.256 e. The number of anilines is 3. The number of carbonyl (C=O) groups excluding carboxylic acids is 2. The number of para-hydroxylation sites is 2. The molecule has 4 aromatic carbocycles. The molecule has 1 aliphatic rings. The summed E-state index contributed by atoms with van der Waals surface area (Å²) in [5.74, 6) is -2.93. The number of rotatable bonds is 15. The highest BCUT2D eigenvalue weighted by Crippen LogP contribution is 2.40. The molecule has 0 heterocycles. The van der Waals surface area contributed by atoms with Gasteiger partial charge in [0.25, 0.3) is 5.91 Å². The van der Waals surface area contributed by atoms with E-state index < -0.39 is 27.8 Å². The maximum absolute atomic E-state index is 14.7. The van der Waals surface area contributed by atoms with Crippen LogP contribution in [0.2, 0.25) is 0 Å². The van der Waals surface area contributed by atoms with Crippen molar-refractivity contribution < 1.29 is 23.1 Å². The highest BCUT2D eigenvalue weighted by molar-refractivity contribution is 7.92. The monoisotopic (exact) mass is 725 g/mol. The molecule has 52 heavy (non-hydrogen) atoms. The summed E-state index contributed by atoms with van der Waals surface area (Å²) in [6.45, 7) is 4.07. The Morgan fingerprint density at radius 2 is 1.38 bits per heavy atom. The van der Waals surface area contributed by atoms with E-state index in [4.69, 9.17) is 0 Å². The third-order valence-corrected chi connectivity index (χ3v) is 10.8. The minimum Gasteiger partial charge on any atom is -0.369 e. The number of amides is 2. The maximum atomic E-state index is 14.7. The van der Waals surface area contributed by atoms with Crippen molar-refractivity contribution in [3.63, 3.8) is 0 Å². The lowest BCUT2D eigenvalue weighted by atomic mass is 9.95. The Bertz CT molecular complexity index is 1890. The number of carbonyl (C=O) groups is 2. The summed E-state index contributed by atoms with van der Waals surface area (Å²) < 4.78 is 28.6. The summed E-state index contributed by atoms with van der Waals surface area (Å²) in [5.41, 5.74) is 2.87. The van der Waals surface area contributed by atoms with Crippen LogP contribution in [-0.2, 0) is 27.9 Å². The van der Waals surface area contributed by atoms with Crippen LogP contribution in [0.3, 0.4) is 0 Å². The summed E-state index contributed by atoms with van der Waals surface area (Å²) in [4.78, 5) is 32.0. The van der Waals surface area contributed by atoms with Gasteiger partial charge in [-0.2, -0.15) is 0 Å². The number of hydrogen-bond donors (Lipinski definition) is 3. The number of benzene rings is 4. The standard InChI is InChI=1S/C41H51N5O5S/c1-5-41(49,45(30-33-21-12-7-13-22-33)31(2)39(47)42-34-23-14-8-15-24-34)43-40(48)36-27-18-28-37(44(3)29-32-19-10-6-11-20-32)38(36)46(52(4,50)51)35-25-16-9-17-26-35/h6-7,9-13,16-22,25-28,31,34,49H,5,8,14-15,23-24,29-30H2,1-4H3,(H,42,47)(H,43,48)/t31-,41?/m0/s1. The van der Waals surface area contributed by atoms with Crippen molar-refractivity contribution in [2.24, 2.45) is 0 Å². The number of sulfonamides is 1. The summed E-state index contributed by atoms with van der Waals surface area (Å²) in [6.07, 6.45) is 6.20. The lowest BCUT2D eigenvalue weighted by molar-refractivity contribution is -0.163. The molecule has 1 fully saturated rings. The fraction of sp³-hybridized carbons (Fsp3) is 0.366. The van der Waals surface area contributed by atoms with Gasteiger partial charge in [-0.25, -0.2) is 17.6 Å². The van der Waals surface area contributed by atoms with Crippen LogP contribution < -0.4 is 19.8 Å². The first-order valence-electron chi connectivity index (χ1n) is 18.0. The zero-order valence-corrected chi connectivity index (χ0v) is 31.4. The van der Waals surface area contributed by atoms with E-state index in [1.54, 1.807) is 67.3 Å². The van der Waals surface area contributed by atoms with Crippen LogP contribution in [0.5, 0.6) is 0 Å². The van der Waals surface area contributed by atoms with Gasteiger partial charge in [-0.1, -0.05) is 111 Å². The molecule has 0 aromatic heterocycles. The molecule has 1 saturated carbocycles. The second-order valence-corrected chi connectivity index (χ2v) is 15.5. The average Bonchev–Trinajstić information content (AvgIpc) is 3.14. The Balaban J connectivity index is 1.57. The molecule has 3 N–H and O–H groups in total. The molecule has 0 radical (unpaired) electrons. The van der Waals surface area contributed by atoms with E-state index in [1.165, 1.54) is 4.31 Å². The number of nitrogens with zero attached hydrogens (tertiary/aromatic N) is 3. The van der Waals surface area contributed by atoms with Gasteiger partial charge in [0.1, 0.15) is 0 Å². The summed E-state index contributed by atoms with van der Waals surface area (Å²) in [6, 6.07) is 32.1. The first-order valence-corrected chi connectivity index (χ1v) is 19.9. The Hall–Kier alpha value is -4.71. The van der Waals surface area contributed by atoms with Gasteiger partial charge in [0.2, 0.25) is 15.9 Å². The van der Waals surface area contributed by atoms with E-state index in [9.17, 15) is 23.1 Å². The van der Waals surface area contributed by atoms with Crippen LogP contribution in [0.25, 0.3) is 0 Å². The van der Waals surface area contributed by atoms with E-state index in [1.807, 2.05) is 72.6 Å². The van der Waals surface area contributed by atoms with Crippen molar-refractivity contribution in [1.82, 2.24) is 15.5 Å². The van der Waals surface area contributed by atoms with E-state index >= 15 is 0 Å². The topological polar surface area (TPSA) is 122 Å². The number of hydrogen-bond acceptors (Lipinski definition) is 7. The third kappa shape index (κ3) is 9.39.